The number of nitrogens with zero attached hydrogens (tertiary/aromatic N) is 5. The van der Waals surface area contributed by atoms with Crippen molar-refractivity contribution in [1.82, 2.24) is 19.6 Å². The molecule has 160 valence electrons. The summed E-state index contributed by atoms with van der Waals surface area (Å²) in [6, 6.07) is 7.61. The Hall–Kier alpha value is -2.58. The molecule has 0 unspecified atom stereocenters. The van der Waals surface area contributed by atoms with Gasteiger partial charge >= 0.3 is 6.03 Å². The van der Waals surface area contributed by atoms with E-state index in [1.165, 1.54) is 35.7 Å². The van der Waals surface area contributed by atoms with Crippen LogP contribution >= 0.6 is 11.6 Å². The van der Waals surface area contributed by atoms with E-state index < -0.39 is 0 Å². The van der Waals surface area contributed by atoms with E-state index in [-0.39, 0.29) is 11.9 Å². The highest BCUT2D eigenvalue weighted by molar-refractivity contribution is 6.30. The van der Waals surface area contributed by atoms with Crippen LogP contribution in [-0.4, -0.2) is 70.8 Å². The quantitative estimate of drug-likeness (QED) is 0.807. The molecular formula is C21H27ClN6O2. The summed E-state index contributed by atoms with van der Waals surface area (Å²) >= 11 is 6.26. The molecule has 2 fully saturated rings. The van der Waals surface area contributed by atoms with E-state index in [0.717, 1.165) is 37.7 Å². The van der Waals surface area contributed by atoms with Gasteiger partial charge in [0.15, 0.2) is 5.82 Å². The Balaban J connectivity index is 1.35. The molecule has 0 saturated carbocycles. The van der Waals surface area contributed by atoms with Gasteiger partial charge in [-0.15, -0.1) is 5.10 Å². The van der Waals surface area contributed by atoms with Crippen LogP contribution in [0.2, 0.25) is 5.02 Å². The van der Waals surface area contributed by atoms with Gasteiger partial charge in [0.25, 0.3) is 0 Å². The van der Waals surface area contributed by atoms with Crippen molar-refractivity contribution >= 4 is 35.0 Å². The third kappa shape index (κ3) is 4.76. The van der Waals surface area contributed by atoms with Gasteiger partial charge in [0, 0.05) is 75.7 Å². The fourth-order valence-corrected chi connectivity index (χ4v) is 4.25. The van der Waals surface area contributed by atoms with Gasteiger partial charge in [-0.2, -0.15) is 4.68 Å². The molecule has 1 aromatic heterocycles. The first-order valence-electron chi connectivity index (χ1n) is 10.4. The third-order valence-corrected chi connectivity index (χ3v) is 5.86. The first kappa shape index (κ1) is 20.7. The summed E-state index contributed by atoms with van der Waals surface area (Å²) in [6.45, 7) is 7.30. The Bertz CT molecular complexity index is 916. The first-order chi connectivity index (χ1) is 14.5. The van der Waals surface area contributed by atoms with Crippen LogP contribution < -0.4 is 10.2 Å². The van der Waals surface area contributed by atoms with Crippen LogP contribution in [0, 0.1) is 0 Å². The maximum absolute atomic E-state index is 12.7. The fraction of sp³-hybridized carbons (Fsp3) is 0.476. The van der Waals surface area contributed by atoms with Crippen LogP contribution in [0.15, 0.2) is 30.5 Å². The molecule has 2 saturated heterocycles. The van der Waals surface area contributed by atoms with Gasteiger partial charge in [0.05, 0.1) is 0 Å². The number of carbonyl (C=O) groups is 2. The van der Waals surface area contributed by atoms with Crippen LogP contribution in [0.4, 0.5) is 16.3 Å². The molecule has 2 amide bonds. The van der Waals surface area contributed by atoms with E-state index in [0.29, 0.717) is 18.9 Å². The van der Waals surface area contributed by atoms with Crippen LogP contribution in [0.3, 0.4) is 0 Å². The lowest BCUT2D eigenvalue weighted by molar-refractivity contribution is -0.114. The summed E-state index contributed by atoms with van der Waals surface area (Å²) in [5.41, 5.74) is 2.52. The third-order valence-electron chi connectivity index (χ3n) is 5.62. The Kier molecular flexibility index (Phi) is 6.24. The van der Waals surface area contributed by atoms with Gasteiger partial charge in [0.1, 0.15) is 0 Å². The van der Waals surface area contributed by atoms with E-state index in [9.17, 15) is 9.59 Å². The number of hydrogen-bond donors (Lipinski definition) is 1. The molecule has 0 spiro atoms. The average molecular weight is 431 g/mol. The van der Waals surface area contributed by atoms with Crippen molar-refractivity contribution in [1.29, 1.82) is 0 Å². The first-order valence-corrected chi connectivity index (χ1v) is 10.8. The minimum Gasteiger partial charge on any atom is -0.371 e. The van der Waals surface area contributed by atoms with Gasteiger partial charge in [-0.1, -0.05) is 17.7 Å². The van der Waals surface area contributed by atoms with Gasteiger partial charge < -0.3 is 15.1 Å². The van der Waals surface area contributed by atoms with E-state index in [1.54, 1.807) is 17.2 Å². The molecule has 1 N–H and O–H groups in total. The Labute approximate surface area is 181 Å². The molecule has 2 aromatic rings. The number of hydrogen-bond acceptors (Lipinski definition) is 5. The summed E-state index contributed by atoms with van der Waals surface area (Å²) < 4.78 is 1.28. The van der Waals surface area contributed by atoms with Crippen LogP contribution in [0.1, 0.15) is 25.3 Å². The fourth-order valence-electron chi connectivity index (χ4n) is 4.08. The molecule has 9 heteroatoms. The Morgan fingerprint density at radius 1 is 1.07 bits per heavy atom. The molecule has 8 nitrogen and oxygen atoms in total. The Morgan fingerprint density at radius 2 is 1.80 bits per heavy atom. The van der Waals surface area contributed by atoms with Crippen LogP contribution in [0.25, 0.3) is 0 Å². The van der Waals surface area contributed by atoms with Crippen molar-refractivity contribution in [3.8, 4) is 0 Å². The molecule has 0 aliphatic carbocycles. The zero-order chi connectivity index (χ0) is 21.1. The number of benzene rings is 1. The lowest BCUT2D eigenvalue weighted by Crippen LogP contribution is -2.49. The lowest BCUT2D eigenvalue weighted by Gasteiger charge is -2.35. The van der Waals surface area contributed by atoms with Crippen molar-refractivity contribution in [3.05, 3.63) is 41.0 Å². The molecule has 0 radical (unpaired) electrons. The molecule has 2 aliphatic rings. The van der Waals surface area contributed by atoms with Gasteiger partial charge in [0.2, 0.25) is 5.91 Å². The van der Waals surface area contributed by atoms with Crippen LogP contribution in [-0.2, 0) is 11.3 Å². The summed E-state index contributed by atoms with van der Waals surface area (Å²) in [7, 11) is 0. The molecule has 0 bridgehead atoms. The highest BCUT2D eigenvalue weighted by Crippen LogP contribution is 2.29. The summed E-state index contributed by atoms with van der Waals surface area (Å²) in [6.07, 6.45) is 4.03. The smallest absolute Gasteiger partial charge is 0.344 e. The second kappa shape index (κ2) is 9.06. The monoisotopic (exact) mass is 430 g/mol. The van der Waals surface area contributed by atoms with Gasteiger partial charge in [-0.25, -0.2) is 4.79 Å². The van der Waals surface area contributed by atoms with Crippen molar-refractivity contribution in [2.24, 2.45) is 0 Å². The van der Waals surface area contributed by atoms with Crippen molar-refractivity contribution in [3.63, 3.8) is 0 Å². The molecule has 30 heavy (non-hydrogen) atoms. The second-order valence-electron chi connectivity index (χ2n) is 7.84. The number of amides is 2. The normalized spacial score (nSPS) is 17.4. The number of rotatable bonds is 4. The molecule has 3 heterocycles. The number of halogens is 1. The average Bonchev–Trinajstić information content (AvgIpc) is 3.41. The molecule has 0 atom stereocenters. The van der Waals surface area contributed by atoms with Gasteiger partial charge in [-0.05, 0) is 30.5 Å². The zero-order valence-corrected chi connectivity index (χ0v) is 17.9. The maximum Gasteiger partial charge on any atom is 0.344 e. The van der Waals surface area contributed by atoms with E-state index >= 15 is 0 Å². The lowest BCUT2D eigenvalue weighted by atomic mass is 10.1. The number of piperazine rings is 1. The largest absolute Gasteiger partial charge is 0.371 e. The summed E-state index contributed by atoms with van der Waals surface area (Å²) in [4.78, 5) is 30.4. The van der Waals surface area contributed by atoms with Gasteiger partial charge in [-0.3, -0.25) is 9.69 Å². The topological polar surface area (TPSA) is 73.7 Å². The minimum atomic E-state index is -0.211. The zero-order valence-electron chi connectivity index (χ0n) is 17.2. The predicted octanol–water partition coefficient (Wildman–Crippen LogP) is 2.88. The number of nitrogens with one attached hydrogen (secondary N) is 1. The highest BCUT2D eigenvalue weighted by Gasteiger charge is 2.24. The molecular weight excluding hydrogens is 404 g/mol. The standard InChI is InChI=1S/C21H27ClN6O2/c1-16(29)23-20-6-9-28(24-20)21(30)27-12-10-25(11-13-27)15-17-4-5-18(22)14-19(17)26-7-2-3-8-26/h4-6,9,14H,2-3,7-8,10-13,15H2,1H3,(H,23,24,29). The predicted molar refractivity (Wildman–Crippen MR) is 117 cm³/mol. The second-order valence-corrected chi connectivity index (χ2v) is 8.28. The maximum atomic E-state index is 12.7. The number of anilines is 2. The number of aromatic nitrogens is 2. The molecule has 2 aliphatic heterocycles. The van der Waals surface area contributed by atoms with Crippen molar-refractivity contribution in [2.75, 3.05) is 49.5 Å². The summed E-state index contributed by atoms with van der Waals surface area (Å²) in [5.74, 6) is 0.170. The molecule has 1 aromatic carbocycles. The van der Waals surface area contributed by atoms with Crippen LogP contribution in [0.5, 0.6) is 0 Å². The van der Waals surface area contributed by atoms with E-state index in [2.05, 4.69) is 32.3 Å². The number of carbonyl (C=O) groups excluding carboxylic acids is 2. The highest BCUT2D eigenvalue weighted by atomic mass is 35.5. The Morgan fingerprint density at radius 3 is 2.50 bits per heavy atom. The van der Waals surface area contributed by atoms with Crippen molar-refractivity contribution < 1.29 is 9.59 Å². The SMILES string of the molecule is CC(=O)Nc1ccn(C(=O)N2CCN(Cc3ccc(Cl)cc3N3CCCC3)CC2)n1. The van der Waals surface area contributed by atoms with Crippen molar-refractivity contribution in [2.45, 2.75) is 26.3 Å². The summed E-state index contributed by atoms with van der Waals surface area (Å²) in [5, 5.41) is 7.50. The molecule has 4 rings (SSSR count). The van der Waals surface area contributed by atoms with E-state index in [1.807, 2.05) is 6.07 Å². The minimum absolute atomic E-state index is 0.171. The van der Waals surface area contributed by atoms with E-state index in [4.69, 9.17) is 11.6 Å².